The van der Waals surface area contributed by atoms with Crippen LogP contribution in [0.25, 0.3) is 11.0 Å². The zero-order valence-corrected chi connectivity index (χ0v) is 13.3. The molecule has 104 valence electrons. The maximum Gasteiger partial charge on any atom is 0.125 e. The molecular formula is C14H14BrClN4. The molecule has 2 aromatic heterocycles. The molecule has 0 saturated heterocycles. The molecule has 0 spiro atoms. The highest BCUT2D eigenvalue weighted by molar-refractivity contribution is 9.10. The lowest BCUT2D eigenvalue weighted by Gasteiger charge is -2.17. The molecule has 0 bridgehead atoms. The van der Waals surface area contributed by atoms with Gasteiger partial charge in [-0.3, -0.25) is 4.68 Å². The molecule has 1 unspecified atom stereocenters. The number of hydrogen-bond donors (Lipinski definition) is 0. The van der Waals surface area contributed by atoms with Crippen LogP contribution in [0.1, 0.15) is 18.8 Å². The standard InChI is InChI=1S/C14H14BrClN4/c1-10(9-19-6-2-5-17-19)20-13-7-11(15)3-4-12(13)18-14(20)8-16/h2-7,10H,8-9H2,1H3. The van der Waals surface area contributed by atoms with Crippen LogP contribution in [0.5, 0.6) is 0 Å². The van der Waals surface area contributed by atoms with Crippen LogP contribution >= 0.6 is 27.5 Å². The zero-order valence-electron chi connectivity index (χ0n) is 11.0. The Morgan fingerprint density at radius 2 is 2.25 bits per heavy atom. The first-order valence-electron chi connectivity index (χ1n) is 6.39. The van der Waals surface area contributed by atoms with E-state index in [1.165, 1.54) is 0 Å². The molecule has 4 nitrogen and oxygen atoms in total. The SMILES string of the molecule is CC(Cn1cccn1)n1c(CCl)nc2ccc(Br)cc21. The summed E-state index contributed by atoms with van der Waals surface area (Å²) in [5, 5.41) is 4.26. The Morgan fingerprint density at radius 3 is 2.95 bits per heavy atom. The first-order chi connectivity index (χ1) is 9.69. The maximum atomic E-state index is 6.05. The smallest absolute Gasteiger partial charge is 0.125 e. The maximum absolute atomic E-state index is 6.05. The van der Waals surface area contributed by atoms with Gasteiger partial charge >= 0.3 is 0 Å². The van der Waals surface area contributed by atoms with Crippen LogP contribution in [0.2, 0.25) is 0 Å². The number of nitrogens with zero attached hydrogens (tertiary/aromatic N) is 4. The van der Waals surface area contributed by atoms with E-state index in [-0.39, 0.29) is 6.04 Å². The highest BCUT2D eigenvalue weighted by atomic mass is 79.9. The van der Waals surface area contributed by atoms with Crippen molar-refractivity contribution in [2.24, 2.45) is 0 Å². The third kappa shape index (κ3) is 2.47. The molecule has 0 saturated carbocycles. The van der Waals surface area contributed by atoms with Gasteiger partial charge in [0, 0.05) is 16.9 Å². The predicted molar refractivity (Wildman–Crippen MR) is 83.9 cm³/mol. The summed E-state index contributed by atoms with van der Waals surface area (Å²) < 4.78 is 5.15. The number of hydrogen-bond acceptors (Lipinski definition) is 2. The quantitative estimate of drug-likeness (QED) is 0.665. The molecule has 0 fully saturated rings. The molecule has 3 rings (SSSR count). The van der Waals surface area contributed by atoms with E-state index >= 15 is 0 Å². The fourth-order valence-electron chi connectivity index (χ4n) is 2.46. The van der Waals surface area contributed by atoms with E-state index in [4.69, 9.17) is 11.6 Å². The first-order valence-corrected chi connectivity index (χ1v) is 7.71. The molecule has 20 heavy (non-hydrogen) atoms. The molecule has 2 heterocycles. The number of aromatic nitrogens is 4. The van der Waals surface area contributed by atoms with Crippen molar-refractivity contribution in [2.75, 3.05) is 0 Å². The largest absolute Gasteiger partial charge is 0.322 e. The van der Waals surface area contributed by atoms with Crippen LogP contribution in [0.15, 0.2) is 41.1 Å². The third-order valence-electron chi connectivity index (χ3n) is 3.30. The van der Waals surface area contributed by atoms with Gasteiger partial charge in [-0.25, -0.2) is 4.98 Å². The Bertz CT molecular complexity index is 720. The lowest BCUT2D eigenvalue weighted by molar-refractivity contribution is 0.438. The van der Waals surface area contributed by atoms with Crippen LogP contribution in [-0.4, -0.2) is 19.3 Å². The van der Waals surface area contributed by atoms with E-state index in [1.807, 2.05) is 29.1 Å². The Balaban J connectivity index is 2.06. The Kier molecular flexibility index (Phi) is 3.81. The van der Waals surface area contributed by atoms with Crippen molar-refractivity contribution in [1.82, 2.24) is 19.3 Å². The van der Waals surface area contributed by atoms with Crippen molar-refractivity contribution >= 4 is 38.6 Å². The van der Waals surface area contributed by atoms with Gasteiger partial charge in [0.1, 0.15) is 5.82 Å². The summed E-state index contributed by atoms with van der Waals surface area (Å²) in [5.41, 5.74) is 2.06. The van der Waals surface area contributed by atoms with Crippen LogP contribution in [0.4, 0.5) is 0 Å². The van der Waals surface area contributed by atoms with Gasteiger partial charge in [0.05, 0.1) is 29.5 Å². The van der Waals surface area contributed by atoms with Gasteiger partial charge in [-0.1, -0.05) is 15.9 Å². The molecule has 0 aliphatic heterocycles. The summed E-state index contributed by atoms with van der Waals surface area (Å²) in [5.74, 6) is 1.29. The molecule has 0 radical (unpaired) electrons. The fourth-order valence-corrected chi connectivity index (χ4v) is 3.00. The normalized spacial score (nSPS) is 12.9. The monoisotopic (exact) mass is 352 g/mol. The van der Waals surface area contributed by atoms with E-state index in [0.717, 1.165) is 27.9 Å². The topological polar surface area (TPSA) is 35.6 Å². The second kappa shape index (κ2) is 5.58. The van der Waals surface area contributed by atoms with Crippen LogP contribution in [0.3, 0.4) is 0 Å². The third-order valence-corrected chi connectivity index (χ3v) is 4.03. The number of benzene rings is 1. The second-order valence-corrected chi connectivity index (χ2v) is 5.92. The number of alkyl halides is 1. The number of fused-ring (bicyclic) bond motifs is 1. The van der Waals surface area contributed by atoms with Gasteiger partial charge in [0.15, 0.2) is 0 Å². The van der Waals surface area contributed by atoms with Crippen molar-refractivity contribution in [3.05, 3.63) is 47.0 Å². The van der Waals surface area contributed by atoms with E-state index in [2.05, 4.69) is 43.6 Å². The number of imidazole rings is 1. The Hall–Kier alpha value is -1.33. The summed E-state index contributed by atoms with van der Waals surface area (Å²) in [6.45, 7) is 2.94. The van der Waals surface area contributed by atoms with E-state index in [9.17, 15) is 0 Å². The van der Waals surface area contributed by atoms with Crippen molar-refractivity contribution in [1.29, 1.82) is 0 Å². The Labute approximate surface area is 130 Å². The van der Waals surface area contributed by atoms with Crippen molar-refractivity contribution < 1.29 is 0 Å². The van der Waals surface area contributed by atoms with Gasteiger partial charge in [-0.2, -0.15) is 5.10 Å². The van der Waals surface area contributed by atoms with Gasteiger partial charge in [-0.05, 0) is 31.2 Å². The molecule has 1 atom stereocenters. The Morgan fingerprint density at radius 1 is 1.40 bits per heavy atom. The second-order valence-electron chi connectivity index (χ2n) is 4.74. The molecule has 0 amide bonds. The highest BCUT2D eigenvalue weighted by Gasteiger charge is 2.16. The molecule has 3 aromatic rings. The van der Waals surface area contributed by atoms with E-state index in [1.54, 1.807) is 6.20 Å². The van der Waals surface area contributed by atoms with Gasteiger partial charge in [0.2, 0.25) is 0 Å². The molecule has 0 N–H and O–H groups in total. The zero-order chi connectivity index (χ0) is 14.1. The molecule has 6 heteroatoms. The minimum absolute atomic E-state index is 0.225. The van der Waals surface area contributed by atoms with E-state index in [0.29, 0.717) is 5.88 Å². The van der Waals surface area contributed by atoms with Gasteiger partial charge < -0.3 is 4.57 Å². The van der Waals surface area contributed by atoms with Gasteiger partial charge in [-0.15, -0.1) is 11.6 Å². The van der Waals surface area contributed by atoms with Crippen molar-refractivity contribution in [2.45, 2.75) is 25.4 Å². The van der Waals surface area contributed by atoms with Crippen molar-refractivity contribution in [3.63, 3.8) is 0 Å². The van der Waals surface area contributed by atoms with Crippen LogP contribution < -0.4 is 0 Å². The van der Waals surface area contributed by atoms with Gasteiger partial charge in [0.25, 0.3) is 0 Å². The average molecular weight is 354 g/mol. The lowest BCUT2D eigenvalue weighted by Crippen LogP contribution is -2.15. The average Bonchev–Trinajstić information content (AvgIpc) is 3.04. The molecule has 0 aliphatic rings. The summed E-state index contributed by atoms with van der Waals surface area (Å²) in [6, 6.07) is 8.24. The minimum atomic E-state index is 0.225. The van der Waals surface area contributed by atoms with Crippen LogP contribution in [-0.2, 0) is 12.4 Å². The predicted octanol–water partition coefficient (Wildman–Crippen LogP) is 4.00. The lowest BCUT2D eigenvalue weighted by atomic mass is 10.2. The summed E-state index contributed by atoms with van der Waals surface area (Å²) in [7, 11) is 0. The highest BCUT2D eigenvalue weighted by Crippen LogP contribution is 2.26. The molecule has 0 aliphatic carbocycles. The minimum Gasteiger partial charge on any atom is -0.322 e. The first kappa shape index (κ1) is 13.6. The number of rotatable bonds is 4. The molecular weight excluding hydrogens is 340 g/mol. The summed E-state index contributed by atoms with van der Waals surface area (Å²) in [4.78, 5) is 4.60. The van der Waals surface area contributed by atoms with E-state index < -0.39 is 0 Å². The fraction of sp³-hybridized carbons (Fsp3) is 0.286. The summed E-state index contributed by atoms with van der Waals surface area (Å²) in [6.07, 6.45) is 3.75. The summed E-state index contributed by atoms with van der Waals surface area (Å²) >= 11 is 9.57. The number of halogens is 2. The molecule has 1 aromatic carbocycles. The van der Waals surface area contributed by atoms with Crippen LogP contribution in [0, 0.1) is 0 Å². The van der Waals surface area contributed by atoms with Crippen molar-refractivity contribution in [3.8, 4) is 0 Å².